The van der Waals surface area contributed by atoms with Crippen LogP contribution >= 0.6 is 0 Å². The molecule has 0 radical (unpaired) electrons. The molecule has 3 N–H and O–H groups in total. The summed E-state index contributed by atoms with van der Waals surface area (Å²) in [6.45, 7) is 1.69. The molecule has 1 heterocycles. The number of nitrogens with zero attached hydrogens (tertiary/aromatic N) is 2. The number of aromatic nitrogens is 2. The lowest BCUT2D eigenvalue weighted by Gasteiger charge is -2.15. The molecule has 2 amide bonds. The summed E-state index contributed by atoms with van der Waals surface area (Å²) in [5, 5.41) is 18.3. The Hall–Kier alpha value is -2.48. The van der Waals surface area contributed by atoms with Crippen LogP contribution in [0.15, 0.2) is 22.7 Å². The zero-order chi connectivity index (χ0) is 17.1. The van der Waals surface area contributed by atoms with Crippen molar-refractivity contribution in [3.63, 3.8) is 0 Å². The Morgan fingerprint density at radius 3 is 2.96 bits per heavy atom. The van der Waals surface area contributed by atoms with Gasteiger partial charge in [-0.15, -0.1) is 0 Å². The Morgan fingerprint density at radius 2 is 2.29 bits per heavy atom. The van der Waals surface area contributed by atoms with Crippen LogP contribution in [0.4, 0.5) is 14.9 Å². The van der Waals surface area contributed by atoms with Crippen molar-refractivity contribution in [3.8, 4) is 11.5 Å². The van der Waals surface area contributed by atoms with Crippen molar-refractivity contribution in [3.05, 3.63) is 29.8 Å². The van der Waals surface area contributed by atoms with Gasteiger partial charge in [-0.05, 0) is 37.5 Å². The van der Waals surface area contributed by atoms with Gasteiger partial charge in [0.1, 0.15) is 5.82 Å². The van der Waals surface area contributed by atoms with Crippen LogP contribution in [0.3, 0.4) is 0 Å². The number of nitrogens with one attached hydrogen (secondary N) is 2. The zero-order valence-corrected chi connectivity index (χ0v) is 13.3. The molecule has 1 aromatic carbocycles. The molecular weight excluding hydrogens is 315 g/mol. The molecular formula is C16H19FN4O3. The Kier molecular flexibility index (Phi) is 4.75. The van der Waals surface area contributed by atoms with E-state index >= 15 is 0 Å². The average Bonchev–Trinajstić information content (AvgIpc) is 3.31. The maximum Gasteiger partial charge on any atom is 0.319 e. The first-order valence-corrected chi connectivity index (χ1v) is 7.92. The maximum absolute atomic E-state index is 13.6. The van der Waals surface area contributed by atoms with Gasteiger partial charge in [0.05, 0.1) is 23.9 Å². The van der Waals surface area contributed by atoms with E-state index < -0.39 is 11.8 Å². The number of halogens is 1. The maximum atomic E-state index is 13.6. The fourth-order valence-corrected chi connectivity index (χ4v) is 2.27. The molecule has 8 heteroatoms. The molecule has 0 saturated heterocycles. The summed E-state index contributed by atoms with van der Waals surface area (Å²) >= 11 is 0. The van der Waals surface area contributed by atoms with Crippen LogP contribution in [0.5, 0.6) is 0 Å². The number of carbonyl (C=O) groups excluding carboxylic acids is 1. The summed E-state index contributed by atoms with van der Waals surface area (Å²) in [4.78, 5) is 16.3. The number of benzene rings is 1. The minimum Gasteiger partial charge on any atom is -0.394 e. The number of urea groups is 1. The number of aliphatic hydroxyl groups excluding tert-OH is 1. The monoisotopic (exact) mass is 334 g/mol. The van der Waals surface area contributed by atoms with Crippen LogP contribution in [0.25, 0.3) is 11.5 Å². The van der Waals surface area contributed by atoms with Crippen molar-refractivity contribution in [2.45, 2.75) is 38.1 Å². The first-order chi connectivity index (χ1) is 11.6. The second-order valence-corrected chi connectivity index (χ2v) is 5.81. The third-order valence-electron chi connectivity index (χ3n) is 3.89. The van der Waals surface area contributed by atoms with E-state index in [0.29, 0.717) is 29.4 Å². The van der Waals surface area contributed by atoms with E-state index in [0.717, 1.165) is 12.8 Å². The van der Waals surface area contributed by atoms with Gasteiger partial charge in [0.25, 0.3) is 5.89 Å². The minimum atomic E-state index is -0.495. The molecule has 1 aliphatic carbocycles. The van der Waals surface area contributed by atoms with E-state index in [9.17, 15) is 9.18 Å². The highest BCUT2D eigenvalue weighted by molar-refractivity contribution is 5.93. The second kappa shape index (κ2) is 6.96. The number of hydrogen-bond acceptors (Lipinski definition) is 5. The predicted molar refractivity (Wildman–Crippen MR) is 85.0 cm³/mol. The summed E-state index contributed by atoms with van der Waals surface area (Å²) in [6, 6.07) is 3.07. The molecule has 1 fully saturated rings. The first kappa shape index (κ1) is 16.4. The number of rotatable bonds is 6. The molecule has 0 aliphatic heterocycles. The first-order valence-electron chi connectivity index (χ1n) is 7.92. The van der Waals surface area contributed by atoms with Gasteiger partial charge in [-0.1, -0.05) is 12.1 Å². The van der Waals surface area contributed by atoms with Gasteiger partial charge < -0.3 is 20.3 Å². The molecule has 1 aromatic heterocycles. The lowest BCUT2D eigenvalue weighted by molar-refractivity contribution is 0.222. The topological polar surface area (TPSA) is 100 Å². The van der Waals surface area contributed by atoms with E-state index in [1.165, 1.54) is 18.2 Å². The van der Waals surface area contributed by atoms with Gasteiger partial charge in [-0.3, -0.25) is 0 Å². The van der Waals surface area contributed by atoms with Crippen molar-refractivity contribution in [2.24, 2.45) is 0 Å². The average molecular weight is 334 g/mol. The Labute approximate surface area is 138 Å². The number of amides is 2. The van der Waals surface area contributed by atoms with Crippen molar-refractivity contribution in [1.29, 1.82) is 0 Å². The Bertz CT molecular complexity index is 726. The van der Waals surface area contributed by atoms with E-state index in [1.807, 2.05) is 6.92 Å². The van der Waals surface area contributed by atoms with Crippen molar-refractivity contribution in [2.75, 3.05) is 11.9 Å². The fourth-order valence-electron chi connectivity index (χ4n) is 2.27. The lowest BCUT2D eigenvalue weighted by Crippen LogP contribution is -2.39. The molecule has 1 unspecified atom stereocenters. The molecule has 128 valence electrons. The highest BCUT2D eigenvalue weighted by Gasteiger charge is 2.29. The highest BCUT2D eigenvalue weighted by Crippen LogP contribution is 2.39. The molecule has 1 saturated carbocycles. The van der Waals surface area contributed by atoms with E-state index in [-0.39, 0.29) is 18.5 Å². The third kappa shape index (κ3) is 3.70. The normalized spacial score (nSPS) is 15.1. The second-order valence-electron chi connectivity index (χ2n) is 5.81. The molecule has 2 aromatic rings. The van der Waals surface area contributed by atoms with Crippen LogP contribution in [0.2, 0.25) is 0 Å². The zero-order valence-electron chi connectivity index (χ0n) is 13.3. The van der Waals surface area contributed by atoms with Gasteiger partial charge in [0.15, 0.2) is 5.82 Å². The van der Waals surface area contributed by atoms with Crippen LogP contribution in [-0.4, -0.2) is 33.9 Å². The molecule has 24 heavy (non-hydrogen) atoms. The molecule has 1 atom stereocenters. The number of hydrogen-bond donors (Lipinski definition) is 3. The van der Waals surface area contributed by atoms with Crippen LogP contribution in [0.1, 0.15) is 37.9 Å². The van der Waals surface area contributed by atoms with Crippen LogP contribution < -0.4 is 10.6 Å². The van der Waals surface area contributed by atoms with Gasteiger partial charge in [-0.2, -0.15) is 4.98 Å². The van der Waals surface area contributed by atoms with Crippen LogP contribution in [0, 0.1) is 5.82 Å². The molecule has 1 aliphatic rings. The Morgan fingerprint density at radius 1 is 1.50 bits per heavy atom. The predicted octanol–water partition coefficient (Wildman–Crippen LogP) is 2.65. The summed E-state index contributed by atoms with van der Waals surface area (Å²) in [6.07, 6.45) is 2.64. The van der Waals surface area contributed by atoms with E-state index in [4.69, 9.17) is 9.63 Å². The third-order valence-corrected chi connectivity index (χ3v) is 3.89. The molecule has 7 nitrogen and oxygen atoms in total. The number of anilines is 1. The number of aliphatic hydroxyl groups is 1. The van der Waals surface area contributed by atoms with Crippen molar-refractivity contribution < 1.29 is 18.8 Å². The smallest absolute Gasteiger partial charge is 0.319 e. The van der Waals surface area contributed by atoms with E-state index in [2.05, 4.69) is 20.8 Å². The largest absolute Gasteiger partial charge is 0.394 e. The van der Waals surface area contributed by atoms with Gasteiger partial charge >= 0.3 is 6.03 Å². The quantitative estimate of drug-likeness (QED) is 0.754. The van der Waals surface area contributed by atoms with Gasteiger partial charge in [-0.25, -0.2) is 9.18 Å². The summed E-state index contributed by atoms with van der Waals surface area (Å²) < 4.78 is 18.8. The standard InChI is InChI=1S/C16H19FN4O3/c1-2-11(8-22)18-16(23)19-13-6-5-10(17)7-12(13)15-20-14(21-24-15)9-3-4-9/h5-7,9,11,22H,2-4,8H2,1H3,(H2,18,19,23). The lowest BCUT2D eigenvalue weighted by atomic mass is 10.1. The fraction of sp³-hybridized carbons (Fsp3) is 0.438. The summed E-state index contributed by atoms with van der Waals surface area (Å²) in [5.74, 6) is 0.617. The molecule has 0 spiro atoms. The Balaban J connectivity index is 1.81. The summed E-state index contributed by atoms with van der Waals surface area (Å²) in [5.41, 5.74) is 0.675. The molecule has 0 bridgehead atoms. The van der Waals surface area contributed by atoms with Gasteiger partial charge in [0, 0.05) is 5.92 Å². The van der Waals surface area contributed by atoms with Crippen molar-refractivity contribution >= 4 is 11.7 Å². The number of carbonyl (C=O) groups is 1. The van der Waals surface area contributed by atoms with E-state index in [1.54, 1.807) is 0 Å². The SMILES string of the molecule is CCC(CO)NC(=O)Nc1ccc(F)cc1-c1nc(C2CC2)no1. The highest BCUT2D eigenvalue weighted by atomic mass is 19.1. The minimum absolute atomic E-state index is 0.158. The van der Waals surface area contributed by atoms with Crippen molar-refractivity contribution in [1.82, 2.24) is 15.5 Å². The van der Waals surface area contributed by atoms with Gasteiger partial charge in [0.2, 0.25) is 0 Å². The summed E-state index contributed by atoms with van der Waals surface area (Å²) in [7, 11) is 0. The molecule has 3 rings (SSSR count). The van der Waals surface area contributed by atoms with Crippen LogP contribution in [-0.2, 0) is 0 Å².